The second kappa shape index (κ2) is 4.09. The maximum atomic E-state index is 12.3. The first-order valence-corrected chi connectivity index (χ1v) is 4.81. The van der Waals surface area contributed by atoms with Gasteiger partial charge >= 0.3 is 6.18 Å². The molecule has 0 aromatic carbocycles. The Morgan fingerprint density at radius 1 is 1.00 bits per heavy atom. The molecular formula is C10H19F3O. The summed E-state index contributed by atoms with van der Waals surface area (Å²) in [7, 11) is 0. The normalized spacial score (nSPS) is 18.0. The van der Waals surface area contributed by atoms with Crippen LogP contribution in [0, 0.1) is 5.41 Å². The molecule has 0 saturated heterocycles. The van der Waals surface area contributed by atoms with Crippen LogP contribution in [-0.2, 0) is 0 Å². The highest BCUT2D eigenvalue weighted by Crippen LogP contribution is 2.37. The molecule has 1 nitrogen and oxygen atoms in total. The van der Waals surface area contributed by atoms with Crippen LogP contribution < -0.4 is 0 Å². The molecule has 0 heterocycles. The van der Waals surface area contributed by atoms with Gasteiger partial charge in [-0.05, 0) is 25.2 Å². The SMILES string of the molecule is CCC(C)(C)CCC(C)(O)C(F)(F)F. The van der Waals surface area contributed by atoms with Crippen LogP contribution >= 0.6 is 0 Å². The van der Waals surface area contributed by atoms with Gasteiger partial charge in [-0.15, -0.1) is 0 Å². The van der Waals surface area contributed by atoms with E-state index in [1.165, 1.54) is 0 Å². The van der Waals surface area contributed by atoms with Crippen molar-refractivity contribution in [3.63, 3.8) is 0 Å². The summed E-state index contributed by atoms with van der Waals surface area (Å²) in [5.41, 5.74) is -2.70. The van der Waals surface area contributed by atoms with E-state index in [2.05, 4.69) is 0 Å². The van der Waals surface area contributed by atoms with Gasteiger partial charge < -0.3 is 5.11 Å². The van der Waals surface area contributed by atoms with Gasteiger partial charge in [0.15, 0.2) is 5.60 Å². The molecule has 0 aliphatic rings. The van der Waals surface area contributed by atoms with Crippen molar-refractivity contribution in [1.29, 1.82) is 0 Å². The van der Waals surface area contributed by atoms with E-state index in [0.29, 0.717) is 6.42 Å². The maximum Gasteiger partial charge on any atom is 0.416 e. The van der Waals surface area contributed by atoms with E-state index < -0.39 is 11.8 Å². The molecular weight excluding hydrogens is 193 g/mol. The Balaban J connectivity index is 4.27. The van der Waals surface area contributed by atoms with Crippen LogP contribution in [0.25, 0.3) is 0 Å². The molecule has 4 heteroatoms. The van der Waals surface area contributed by atoms with Gasteiger partial charge in [-0.1, -0.05) is 27.2 Å². The lowest BCUT2D eigenvalue weighted by Gasteiger charge is -2.30. The Labute approximate surface area is 83.3 Å². The zero-order chi connectivity index (χ0) is 11.6. The standard InChI is InChI=1S/C10H19F3O/c1-5-8(2,3)6-7-9(4,14)10(11,12)13/h14H,5-7H2,1-4H3. The van der Waals surface area contributed by atoms with E-state index >= 15 is 0 Å². The highest BCUT2D eigenvalue weighted by atomic mass is 19.4. The van der Waals surface area contributed by atoms with Gasteiger partial charge in [-0.25, -0.2) is 0 Å². The van der Waals surface area contributed by atoms with Crippen molar-refractivity contribution < 1.29 is 18.3 Å². The van der Waals surface area contributed by atoms with Gasteiger partial charge in [-0.3, -0.25) is 0 Å². The maximum absolute atomic E-state index is 12.3. The second-order valence-electron chi connectivity index (χ2n) is 4.79. The third-order valence-electron chi connectivity index (χ3n) is 2.86. The van der Waals surface area contributed by atoms with Crippen LogP contribution in [0.2, 0.25) is 0 Å². The zero-order valence-electron chi connectivity index (χ0n) is 9.20. The van der Waals surface area contributed by atoms with Crippen molar-refractivity contribution in [3.05, 3.63) is 0 Å². The average Bonchev–Trinajstić information content (AvgIpc) is 1.99. The predicted molar refractivity (Wildman–Crippen MR) is 50.0 cm³/mol. The molecule has 0 bridgehead atoms. The molecule has 0 spiro atoms. The lowest BCUT2D eigenvalue weighted by molar-refractivity contribution is -0.256. The van der Waals surface area contributed by atoms with Crippen molar-refractivity contribution in [1.82, 2.24) is 0 Å². The van der Waals surface area contributed by atoms with E-state index in [0.717, 1.165) is 13.3 Å². The molecule has 0 fully saturated rings. The Morgan fingerprint density at radius 3 is 1.71 bits per heavy atom. The number of rotatable bonds is 4. The van der Waals surface area contributed by atoms with Crippen LogP contribution in [-0.4, -0.2) is 16.9 Å². The van der Waals surface area contributed by atoms with Gasteiger partial charge in [0.25, 0.3) is 0 Å². The fraction of sp³-hybridized carbons (Fsp3) is 1.00. The van der Waals surface area contributed by atoms with E-state index in [1.54, 1.807) is 0 Å². The van der Waals surface area contributed by atoms with Gasteiger partial charge in [0.2, 0.25) is 0 Å². The molecule has 0 rings (SSSR count). The fourth-order valence-electron chi connectivity index (χ4n) is 0.900. The van der Waals surface area contributed by atoms with Gasteiger partial charge in [-0.2, -0.15) is 13.2 Å². The van der Waals surface area contributed by atoms with Crippen molar-refractivity contribution in [2.24, 2.45) is 5.41 Å². The molecule has 86 valence electrons. The van der Waals surface area contributed by atoms with Crippen molar-refractivity contribution in [2.45, 2.75) is 58.7 Å². The van der Waals surface area contributed by atoms with Gasteiger partial charge in [0, 0.05) is 0 Å². The molecule has 0 aromatic rings. The number of aliphatic hydroxyl groups is 1. The Kier molecular flexibility index (Phi) is 4.02. The van der Waals surface area contributed by atoms with Crippen LogP contribution in [0.4, 0.5) is 13.2 Å². The van der Waals surface area contributed by atoms with Crippen molar-refractivity contribution >= 4 is 0 Å². The third kappa shape index (κ3) is 3.86. The lowest BCUT2D eigenvalue weighted by atomic mass is 9.81. The van der Waals surface area contributed by atoms with Crippen LogP contribution in [0.5, 0.6) is 0 Å². The smallest absolute Gasteiger partial charge is 0.381 e. The quantitative estimate of drug-likeness (QED) is 0.756. The average molecular weight is 212 g/mol. The summed E-state index contributed by atoms with van der Waals surface area (Å²) < 4.78 is 36.8. The lowest BCUT2D eigenvalue weighted by Crippen LogP contribution is -2.42. The molecule has 0 amide bonds. The summed E-state index contributed by atoms with van der Waals surface area (Å²) >= 11 is 0. The van der Waals surface area contributed by atoms with Gasteiger partial charge in [0.1, 0.15) is 0 Å². The molecule has 0 saturated carbocycles. The zero-order valence-corrected chi connectivity index (χ0v) is 9.20. The largest absolute Gasteiger partial charge is 0.416 e. The van der Waals surface area contributed by atoms with E-state index in [-0.39, 0.29) is 11.8 Å². The highest BCUT2D eigenvalue weighted by molar-refractivity contribution is 4.83. The number of hydrogen-bond donors (Lipinski definition) is 1. The molecule has 1 atom stereocenters. The summed E-state index contributed by atoms with van der Waals surface area (Å²) in [6.45, 7) is 6.57. The second-order valence-corrected chi connectivity index (χ2v) is 4.79. The minimum atomic E-state index is -4.53. The third-order valence-corrected chi connectivity index (χ3v) is 2.86. The molecule has 14 heavy (non-hydrogen) atoms. The predicted octanol–water partition coefficient (Wildman–Crippen LogP) is 3.52. The topological polar surface area (TPSA) is 20.2 Å². The molecule has 1 unspecified atom stereocenters. The van der Waals surface area contributed by atoms with Crippen molar-refractivity contribution in [2.75, 3.05) is 0 Å². The monoisotopic (exact) mass is 212 g/mol. The summed E-state index contributed by atoms with van der Waals surface area (Å²) in [5.74, 6) is 0. The van der Waals surface area contributed by atoms with Crippen LogP contribution in [0.15, 0.2) is 0 Å². The Bertz CT molecular complexity index is 182. The first-order valence-electron chi connectivity index (χ1n) is 4.81. The van der Waals surface area contributed by atoms with Crippen LogP contribution in [0.1, 0.15) is 47.0 Å². The first-order chi connectivity index (χ1) is 6.02. The number of hydrogen-bond acceptors (Lipinski definition) is 1. The number of alkyl halides is 3. The Hall–Kier alpha value is -0.250. The molecule has 0 aromatic heterocycles. The van der Waals surface area contributed by atoms with E-state index in [4.69, 9.17) is 0 Å². The Morgan fingerprint density at radius 2 is 1.43 bits per heavy atom. The summed E-state index contributed by atoms with van der Waals surface area (Å²) in [6, 6.07) is 0. The van der Waals surface area contributed by atoms with Crippen LogP contribution in [0.3, 0.4) is 0 Å². The van der Waals surface area contributed by atoms with E-state index in [1.807, 2.05) is 20.8 Å². The van der Waals surface area contributed by atoms with Gasteiger partial charge in [0.05, 0.1) is 0 Å². The highest BCUT2D eigenvalue weighted by Gasteiger charge is 2.49. The first kappa shape index (κ1) is 13.8. The molecule has 0 aliphatic carbocycles. The summed E-state index contributed by atoms with van der Waals surface area (Å²) in [5, 5.41) is 9.18. The minimum absolute atomic E-state index is 0.144. The molecule has 0 radical (unpaired) electrons. The van der Waals surface area contributed by atoms with E-state index in [9.17, 15) is 18.3 Å². The molecule has 0 aliphatic heterocycles. The fourth-order valence-corrected chi connectivity index (χ4v) is 0.900. The minimum Gasteiger partial charge on any atom is -0.381 e. The van der Waals surface area contributed by atoms with Crippen molar-refractivity contribution in [3.8, 4) is 0 Å². The summed E-state index contributed by atoms with van der Waals surface area (Å²) in [6.07, 6.45) is -3.59. The molecule has 1 N–H and O–H groups in total. The number of halogens is 3. The summed E-state index contributed by atoms with van der Waals surface area (Å²) in [4.78, 5) is 0.